The molecule has 0 heterocycles. The highest BCUT2D eigenvalue weighted by atomic mass is 32.3. The number of para-hydroxylation sites is 1. The van der Waals surface area contributed by atoms with Crippen molar-refractivity contribution in [3.8, 4) is 0 Å². The van der Waals surface area contributed by atoms with Gasteiger partial charge in [0.15, 0.2) is 19.7 Å². The number of benzene rings is 1. The highest BCUT2D eigenvalue weighted by Gasteiger charge is 2.41. The molecule has 0 saturated carbocycles. The van der Waals surface area contributed by atoms with Crippen LogP contribution in [0.5, 0.6) is 0 Å². The molecular formula is C12H17NO5S2. The molecule has 20 heavy (non-hydrogen) atoms. The molecule has 1 amide bonds. The maximum atomic E-state index is 12.1. The summed E-state index contributed by atoms with van der Waals surface area (Å²) in [5, 5.41) is 2.33. The summed E-state index contributed by atoms with van der Waals surface area (Å²) >= 11 is 0. The Kier molecular flexibility index (Phi) is 5.29. The van der Waals surface area contributed by atoms with Gasteiger partial charge in [-0.25, -0.2) is 16.8 Å². The second-order valence-corrected chi connectivity index (χ2v) is 9.14. The zero-order chi connectivity index (χ0) is 15.4. The highest BCUT2D eigenvalue weighted by molar-refractivity contribution is 8.10. The fourth-order valence-corrected chi connectivity index (χ4v) is 5.55. The molecule has 1 aromatic rings. The lowest BCUT2D eigenvalue weighted by molar-refractivity contribution is -0.114. The first kappa shape index (κ1) is 16.6. The van der Waals surface area contributed by atoms with Crippen LogP contribution in [-0.4, -0.2) is 38.8 Å². The van der Waals surface area contributed by atoms with Crippen LogP contribution in [0.4, 0.5) is 5.69 Å². The van der Waals surface area contributed by atoms with E-state index in [9.17, 15) is 21.6 Å². The van der Waals surface area contributed by atoms with Crippen LogP contribution >= 0.6 is 0 Å². The number of rotatable bonds is 6. The van der Waals surface area contributed by atoms with Crippen LogP contribution in [-0.2, 0) is 24.5 Å². The Morgan fingerprint density at radius 1 is 1.00 bits per heavy atom. The number of anilines is 1. The van der Waals surface area contributed by atoms with E-state index in [4.69, 9.17) is 0 Å². The van der Waals surface area contributed by atoms with E-state index >= 15 is 0 Å². The molecule has 0 aliphatic carbocycles. The second kappa shape index (κ2) is 6.36. The van der Waals surface area contributed by atoms with Crippen molar-refractivity contribution < 1.29 is 21.6 Å². The van der Waals surface area contributed by atoms with Gasteiger partial charge >= 0.3 is 0 Å². The molecule has 6 nitrogen and oxygen atoms in total. The Bertz CT molecular complexity index is 631. The van der Waals surface area contributed by atoms with Gasteiger partial charge in [-0.2, -0.15) is 0 Å². The average molecular weight is 319 g/mol. The molecule has 0 spiro atoms. The van der Waals surface area contributed by atoms with Gasteiger partial charge < -0.3 is 5.32 Å². The zero-order valence-corrected chi connectivity index (χ0v) is 12.9. The van der Waals surface area contributed by atoms with Crippen LogP contribution in [0.1, 0.15) is 13.8 Å². The fraction of sp³-hybridized carbons (Fsp3) is 0.417. The van der Waals surface area contributed by atoms with Gasteiger partial charge in [-0.3, -0.25) is 4.79 Å². The van der Waals surface area contributed by atoms with Crippen LogP contribution < -0.4 is 5.32 Å². The summed E-state index contributed by atoms with van der Waals surface area (Å²) in [6.07, 6.45) is 0. The van der Waals surface area contributed by atoms with Crippen LogP contribution in [0.2, 0.25) is 0 Å². The van der Waals surface area contributed by atoms with Crippen molar-refractivity contribution in [3.05, 3.63) is 30.3 Å². The van der Waals surface area contributed by atoms with Crippen LogP contribution in [0.3, 0.4) is 0 Å². The minimum Gasteiger partial charge on any atom is -0.324 e. The Morgan fingerprint density at radius 3 is 1.85 bits per heavy atom. The topological polar surface area (TPSA) is 97.4 Å². The number of hydrogen-bond acceptors (Lipinski definition) is 5. The first-order valence-corrected chi connectivity index (χ1v) is 9.46. The normalized spacial score (nSPS) is 12.3. The minimum atomic E-state index is -4.05. The molecule has 0 aromatic heterocycles. The Balaban J connectivity index is 3.17. The van der Waals surface area contributed by atoms with E-state index in [2.05, 4.69) is 5.32 Å². The van der Waals surface area contributed by atoms with Gasteiger partial charge in [-0.1, -0.05) is 32.0 Å². The molecule has 112 valence electrons. The number of amides is 1. The van der Waals surface area contributed by atoms with E-state index < -0.39 is 41.7 Å². The molecular weight excluding hydrogens is 302 g/mol. The number of hydrogen-bond donors (Lipinski definition) is 1. The van der Waals surface area contributed by atoms with E-state index in [1.807, 2.05) is 0 Å². The lowest BCUT2D eigenvalue weighted by Crippen LogP contribution is -2.43. The minimum absolute atomic E-state index is 0.347. The Labute approximate surface area is 119 Å². The first-order valence-electron chi connectivity index (χ1n) is 6.03. The van der Waals surface area contributed by atoms with Crippen molar-refractivity contribution in [3.63, 3.8) is 0 Å². The molecule has 0 fully saturated rings. The van der Waals surface area contributed by atoms with E-state index in [1.165, 1.54) is 13.8 Å². The highest BCUT2D eigenvalue weighted by Crippen LogP contribution is 2.15. The third kappa shape index (κ3) is 3.80. The van der Waals surface area contributed by atoms with Crippen LogP contribution in [0.15, 0.2) is 30.3 Å². The van der Waals surface area contributed by atoms with Crippen molar-refractivity contribution in [2.45, 2.75) is 18.4 Å². The van der Waals surface area contributed by atoms with Gasteiger partial charge in [0, 0.05) is 17.2 Å². The van der Waals surface area contributed by atoms with Gasteiger partial charge in [-0.05, 0) is 12.1 Å². The van der Waals surface area contributed by atoms with Crippen molar-refractivity contribution >= 4 is 31.3 Å². The predicted octanol–water partition coefficient (Wildman–Crippen LogP) is 0.821. The summed E-state index contributed by atoms with van der Waals surface area (Å²) in [6, 6.07) is 8.11. The van der Waals surface area contributed by atoms with Gasteiger partial charge in [0.2, 0.25) is 4.58 Å². The predicted molar refractivity (Wildman–Crippen MR) is 77.8 cm³/mol. The maximum absolute atomic E-state index is 12.1. The van der Waals surface area contributed by atoms with Crippen molar-refractivity contribution in [2.24, 2.45) is 0 Å². The van der Waals surface area contributed by atoms with E-state index in [1.54, 1.807) is 30.3 Å². The third-order valence-electron chi connectivity index (χ3n) is 2.71. The summed E-state index contributed by atoms with van der Waals surface area (Å²) in [6.45, 7) is 2.62. The number of carbonyl (C=O) groups excluding carboxylic acids is 1. The third-order valence-corrected chi connectivity index (χ3v) is 7.81. The lowest BCUT2D eigenvalue weighted by Gasteiger charge is -2.16. The van der Waals surface area contributed by atoms with Gasteiger partial charge in [-0.15, -0.1) is 0 Å². The van der Waals surface area contributed by atoms with Crippen molar-refractivity contribution in [1.82, 2.24) is 0 Å². The average Bonchev–Trinajstić information content (AvgIpc) is 2.39. The van der Waals surface area contributed by atoms with Crippen LogP contribution in [0.25, 0.3) is 0 Å². The molecule has 0 saturated heterocycles. The number of nitrogens with one attached hydrogen (secondary N) is 1. The monoisotopic (exact) mass is 319 g/mol. The zero-order valence-electron chi connectivity index (χ0n) is 11.2. The van der Waals surface area contributed by atoms with Crippen LogP contribution in [0, 0.1) is 0 Å². The van der Waals surface area contributed by atoms with Gasteiger partial charge in [0.25, 0.3) is 5.91 Å². The summed E-state index contributed by atoms with van der Waals surface area (Å²) < 4.78 is 45.5. The maximum Gasteiger partial charge on any atom is 0.258 e. The number of sulfone groups is 2. The van der Waals surface area contributed by atoms with Crippen molar-refractivity contribution in [2.75, 3.05) is 16.8 Å². The second-order valence-electron chi connectivity index (χ2n) is 4.09. The largest absolute Gasteiger partial charge is 0.324 e. The SMILES string of the molecule is CCS(=O)(=O)C(C(=O)Nc1ccccc1)S(=O)(=O)CC. The smallest absolute Gasteiger partial charge is 0.258 e. The molecule has 0 unspecified atom stereocenters. The summed E-state index contributed by atoms with van der Waals surface area (Å²) in [7, 11) is -8.10. The van der Waals surface area contributed by atoms with E-state index in [-0.39, 0.29) is 0 Å². The molecule has 0 bridgehead atoms. The molecule has 1 rings (SSSR count). The standard InChI is InChI=1S/C12H17NO5S2/c1-3-19(15,16)12(20(17,18)4-2)11(14)13-10-8-6-5-7-9-10/h5-9,12H,3-4H2,1-2H3,(H,13,14). The molecule has 1 N–H and O–H groups in total. The molecule has 0 atom stereocenters. The molecule has 0 radical (unpaired) electrons. The fourth-order valence-electron chi connectivity index (χ4n) is 1.57. The summed E-state index contributed by atoms with van der Waals surface area (Å²) in [5.41, 5.74) is 0.347. The van der Waals surface area contributed by atoms with E-state index in [0.29, 0.717) is 5.69 Å². The molecule has 8 heteroatoms. The molecule has 0 aliphatic rings. The van der Waals surface area contributed by atoms with Gasteiger partial charge in [0.1, 0.15) is 0 Å². The van der Waals surface area contributed by atoms with E-state index in [0.717, 1.165) is 0 Å². The summed E-state index contributed by atoms with van der Waals surface area (Å²) in [5.74, 6) is -1.88. The Hall–Kier alpha value is -1.41. The lowest BCUT2D eigenvalue weighted by atomic mass is 10.3. The quantitative estimate of drug-likeness (QED) is 0.837. The number of carbonyl (C=O) groups is 1. The Morgan fingerprint density at radius 2 is 1.45 bits per heavy atom. The summed E-state index contributed by atoms with van der Waals surface area (Å²) in [4.78, 5) is 12.1. The molecule has 1 aromatic carbocycles. The van der Waals surface area contributed by atoms with Crippen molar-refractivity contribution in [1.29, 1.82) is 0 Å². The first-order chi connectivity index (χ1) is 9.24. The van der Waals surface area contributed by atoms with Gasteiger partial charge in [0.05, 0.1) is 0 Å². The molecule has 0 aliphatic heterocycles.